The molecule has 14 nitrogen and oxygen atoms in total. The van der Waals surface area contributed by atoms with Crippen LogP contribution in [0.4, 0.5) is 11.5 Å². The Bertz CT molecular complexity index is 2170. The SMILES string of the molecule is CN1C[C@H](Nc2nc3sccn3c(=O)c2Br)C[C@H](c2ccc(OCCOC3CCN(c4cccc5c4C(=O)N(C4CCC(=O)NC4=O)C5=O)CC3)cc2)C1. The number of aromatic nitrogens is 2. The van der Waals surface area contributed by atoms with Crippen molar-refractivity contribution in [3.8, 4) is 5.75 Å². The van der Waals surface area contributed by atoms with Crippen molar-refractivity contribution in [3.63, 3.8) is 0 Å². The molecule has 6 heterocycles. The van der Waals surface area contributed by atoms with Crippen LogP contribution in [-0.2, 0) is 14.3 Å². The lowest BCUT2D eigenvalue weighted by atomic mass is 9.88. The van der Waals surface area contributed by atoms with Gasteiger partial charge in [-0.25, -0.2) is 4.98 Å². The van der Waals surface area contributed by atoms with Crippen LogP contribution in [0.15, 0.2) is 63.3 Å². The lowest BCUT2D eigenvalue weighted by molar-refractivity contribution is -0.136. The Hall–Kier alpha value is -4.64. The number of benzene rings is 2. The second-order valence-electron chi connectivity index (χ2n) is 14.3. The van der Waals surface area contributed by atoms with E-state index < -0.39 is 29.7 Å². The van der Waals surface area contributed by atoms with Crippen LogP contribution in [-0.4, -0.2) is 107 Å². The summed E-state index contributed by atoms with van der Waals surface area (Å²) < 4.78 is 14.2. The van der Waals surface area contributed by atoms with Crippen LogP contribution < -0.4 is 25.8 Å². The zero-order valence-electron chi connectivity index (χ0n) is 29.7. The summed E-state index contributed by atoms with van der Waals surface area (Å²) >= 11 is 4.88. The largest absolute Gasteiger partial charge is 0.491 e. The van der Waals surface area contributed by atoms with E-state index in [0.717, 1.165) is 43.0 Å². The Balaban J connectivity index is 0.803. The molecule has 3 saturated heterocycles. The lowest BCUT2D eigenvalue weighted by Gasteiger charge is -2.36. The molecule has 1 unspecified atom stereocenters. The van der Waals surface area contributed by atoms with Gasteiger partial charge in [0, 0.05) is 50.2 Å². The predicted octanol–water partition coefficient (Wildman–Crippen LogP) is 3.88. The lowest BCUT2D eigenvalue weighted by Crippen LogP contribution is -2.54. The number of amides is 4. The summed E-state index contributed by atoms with van der Waals surface area (Å²) in [5.74, 6) is -0.366. The van der Waals surface area contributed by atoms with Gasteiger partial charge in [-0.1, -0.05) is 18.2 Å². The van der Waals surface area contributed by atoms with E-state index in [2.05, 4.69) is 60.5 Å². The van der Waals surface area contributed by atoms with Crippen LogP contribution in [0.2, 0.25) is 0 Å². The molecule has 8 rings (SSSR count). The smallest absolute Gasteiger partial charge is 0.275 e. The van der Waals surface area contributed by atoms with Gasteiger partial charge in [-0.2, -0.15) is 0 Å². The van der Waals surface area contributed by atoms with Crippen molar-refractivity contribution in [2.24, 2.45) is 0 Å². The maximum absolute atomic E-state index is 13.5. The summed E-state index contributed by atoms with van der Waals surface area (Å²) in [5, 5.41) is 7.62. The number of anilines is 2. The van der Waals surface area contributed by atoms with Gasteiger partial charge in [0.15, 0.2) is 4.96 Å². The van der Waals surface area contributed by atoms with Gasteiger partial charge in [-0.3, -0.25) is 38.6 Å². The number of nitrogens with one attached hydrogen (secondary N) is 2. The Morgan fingerprint density at radius 1 is 0.981 bits per heavy atom. The molecule has 3 atom stereocenters. The van der Waals surface area contributed by atoms with Crippen molar-refractivity contribution in [2.45, 2.75) is 56.2 Å². The fourth-order valence-electron chi connectivity index (χ4n) is 8.05. The fraction of sp³-hybridized carbons (Fsp3) is 0.421. The molecule has 4 aromatic rings. The number of likely N-dealkylation sites (tertiary alicyclic amines) is 1. The maximum atomic E-state index is 13.5. The third kappa shape index (κ3) is 7.14. The van der Waals surface area contributed by atoms with Gasteiger partial charge in [0.25, 0.3) is 17.4 Å². The van der Waals surface area contributed by atoms with Crippen LogP contribution >= 0.6 is 27.3 Å². The third-order valence-electron chi connectivity index (χ3n) is 10.7. The van der Waals surface area contributed by atoms with Gasteiger partial charge >= 0.3 is 0 Å². The molecule has 2 aromatic heterocycles. The predicted molar refractivity (Wildman–Crippen MR) is 206 cm³/mol. The normalized spacial score (nSPS) is 22.5. The second-order valence-corrected chi connectivity index (χ2v) is 15.9. The number of likely N-dealkylation sites (N-methyl/N-ethyl adjacent to an activating group) is 1. The Labute approximate surface area is 323 Å². The highest BCUT2D eigenvalue weighted by molar-refractivity contribution is 9.10. The number of nitrogens with zero attached hydrogens (tertiary/aromatic N) is 5. The molecule has 4 aliphatic heterocycles. The molecule has 0 bridgehead atoms. The van der Waals surface area contributed by atoms with Gasteiger partial charge in [0.1, 0.15) is 28.7 Å². The van der Waals surface area contributed by atoms with Gasteiger partial charge < -0.3 is 24.6 Å². The minimum atomic E-state index is -0.994. The third-order valence-corrected chi connectivity index (χ3v) is 12.1. The van der Waals surface area contributed by atoms with Gasteiger partial charge in [0.05, 0.1) is 29.5 Å². The molecular weight excluding hydrogens is 778 g/mol. The first-order chi connectivity index (χ1) is 26.1. The number of carbonyl (C=O) groups excluding carboxylic acids is 4. The summed E-state index contributed by atoms with van der Waals surface area (Å²) in [6, 6.07) is 12.6. The standard InChI is InChI=1S/C38H40BrN7O7S/c1-43-20-23(19-24(21-43)40-33-32(39)37(51)45-15-18-54-38(45)42-33)22-5-7-25(8-6-22)52-16-17-53-26-11-13-44(14-12-26)28-4-2-3-27-31(28)36(50)46(35(27)49)29-9-10-30(47)41-34(29)48/h2-8,15,18,23-24,26,29,40H,9-14,16-17,19-21H2,1H3,(H,41,47,48)/t23-,24+,29?/m0/s1. The number of fused-ring (bicyclic) bond motifs is 2. The molecule has 0 spiro atoms. The molecule has 4 amide bonds. The van der Waals surface area contributed by atoms with Gasteiger partial charge in [-0.15, -0.1) is 11.3 Å². The number of piperidine rings is 3. The number of ether oxygens (including phenoxy) is 2. The minimum absolute atomic E-state index is 0.0353. The van der Waals surface area contributed by atoms with Crippen molar-refractivity contribution in [1.82, 2.24) is 24.5 Å². The van der Waals surface area contributed by atoms with Crippen LogP contribution in [0.25, 0.3) is 4.96 Å². The number of halogens is 1. The van der Waals surface area contributed by atoms with Crippen LogP contribution in [0.3, 0.4) is 0 Å². The van der Waals surface area contributed by atoms with Crippen LogP contribution in [0.5, 0.6) is 5.75 Å². The topological polar surface area (TPSA) is 155 Å². The zero-order chi connectivity index (χ0) is 37.5. The summed E-state index contributed by atoms with van der Waals surface area (Å²) in [6.45, 7) is 3.90. The zero-order valence-corrected chi connectivity index (χ0v) is 32.1. The highest BCUT2D eigenvalue weighted by Crippen LogP contribution is 2.36. The maximum Gasteiger partial charge on any atom is 0.275 e. The molecule has 3 fully saturated rings. The van der Waals surface area contributed by atoms with Crippen LogP contribution in [0.1, 0.15) is 64.3 Å². The summed E-state index contributed by atoms with van der Waals surface area (Å²) in [7, 11) is 2.11. The first kappa shape index (κ1) is 36.3. The van der Waals surface area contributed by atoms with E-state index in [1.54, 1.807) is 22.7 Å². The van der Waals surface area contributed by atoms with E-state index in [-0.39, 0.29) is 36.1 Å². The molecule has 16 heteroatoms. The number of carbonyl (C=O) groups is 4. The van der Waals surface area contributed by atoms with Crippen molar-refractivity contribution in [2.75, 3.05) is 56.7 Å². The van der Waals surface area contributed by atoms with Crippen molar-refractivity contribution in [1.29, 1.82) is 0 Å². The van der Waals surface area contributed by atoms with E-state index in [0.29, 0.717) is 58.7 Å². The van der Waals surface area contributed by atoms with Crippen LogP contribution in [0, 0.1) is 0 Å². The highest BCUT2D eigenvalue weighted by atomic mass is 79.9. The van der Waals surface area contributed by atoms with Gasteiger partial charge in [-0.05, 0) is 84.4 Å². The molecule has 0 aliphatic carbocycles. The first-order valence-corrected chi connectivity index (χ1v) is 19.9. The Morgan fingerprint density at radius 2 is 1.78 bits per heavy atom. The quantitative estimate of drug-likeness (QED) is 0.177. The Morgan fingerprint density at radius 3 is 2.56 bits per heavy atom. The molecule has 54 heavy (non-hydrogen) atoms. The summed E-state index contributed by atoms with van der Waals surface area (Å²) in [6.07, 6.45) is 4.36. The molecule has 0 saturated carbocycles. The van der Waals surface area contributed by atoms with E-state index in [1.165, 1.54) is 16.9 Å². The number of rotatable bonds is 10. The molecule has 2 N–H and O–H groups in total. The highest BCUT2D eigenvalue weighted by Gasteiger charge is 2.46. The molecule has 4 aliphatic rings. The molecule has 2 aromatic carbocycles. The summed E-state index contributed by atoms with van der Waals surface area (Å²) in [5.41, 5.74) is 2.38. The van der Waals surface area contributed by atoms with E-state index in [9.17, 15) is 24.0 Å². The average Bonchev–Trinajstić information content (AvgIpc) is 3.74. The van der Waals surface area contributed by atoms with E-state index >= 15 is 0 Å². The number of imide groups is 2. The van der Waals surface area contributed by atoms with Crippen molar-refractivity contribution >= 4 is 67.4 Å². The molecular formula is C38H40BrN7O7S. The van der Waals surface area contributed by atoms with Crippen molar-refractivity contribution < 1.29 is 28.7 Å². The second kappa shape index (κ2) is 15.2. The Kier molecular flexibility index (Phi) is 10.3. The van der Waals surface area contributed by atoms with E-state index in [4.69, 9.17) is 9.47 Å². The monoisotopic (exact) mass is 817 g/mol. The molecule has 0 radical (unpaired) electrons. The van der Waals surface area contributed by atoms with Gasteiger partial charge in [0.2, 0.25) is 11.8 Å². The number of hydrogen-bond donors (Lipinski definition) is 2. The van der Waals surface area contributed by atoms with Crippen molar-refractivity contribution in [3.05, 3.63) is 85.6 Å². The number of thiazole rings is 1. The van der Waals surface area contributed by atoms with E-state index in [1.807, 2.05) is 23.6 Å². The number of hydrogen-bond acceptors (Lipinski definition) is 12. The molecule has 282 valence electrons. The summed E-state index contributed by atoms with van der Waals surface area (Å²) in [4.78, 5) is 74.4. The fourth-order valence-corrected chi connectivity index (χ4v) is 9.15. The average molecular weight is 819 g/mol. The minimum Gasteiger partial charge on any atom is -0.491 e. The first-order valence-electron chi connectivity index (χ1n) is 18.2.